The third-order valence-corrected chi connectivity index (χ3v) is 3.79. The second-order valence-corrected chi connectivity index (χ2v) is 5.01. The highest BCUT2D eigenvalue weighted by Crippen LogP contribution is 2.21. The lowest BCUT2D eigenvalue weighted by Crippen LogP contribution is -2.21. The Kier molecular flexibility index (Phi) is 4.86. The first kappa shape index (κ1) is 14.0. The van der Waals surface area contributed by atoms with Crippen LogP contribution >= 0.6 is 11.6 Å². The summed E-state index contributed by atoms with van der Waals surface area (Å²) in [6.45, 7) is 6.45. The summed E-state index contributed by atoms with van der Waals surface area (Å²) in [6, 6.07) is 16.8. The minimum absolute atomic E-state index is 0.843. The summed E-state index contributed by atoms with van der Waals surface area (Å²) in [7, 11) is 0. The van der Waals surface area contributed by atoms with Crippen LogP contribution in [-0.2, 0) is 6.42 Å². The van der Waals surface area contributed by atoms with Crippen molar-refractivity contribution in [2.45, 2.75) is 20.3 Å². The van der Waals surface area contributed by atoms with Crippen LogP contribution in [-0.4, -0.2) is 13.1 Å². The third kappa shape index (κ3) is 3.51. The van der Waals surface area contributed by atoms with Crippen LogP contribution in [0.15, 0.2) is 48.5 Å². The van der Waals surface area contributed by atoms with E-state index in [0.29, 0.717) is 0 Å². The molecule has 0 aliphatic rings. The van der Waals surface area contributed by atoms with Gasteiger partial charge in [-0.2, -0.15) is 0 Å². The Hall–Kier alpha value is -1.47. The molecule has 0 saturated heterocycles. The molecule has 2 heteroatoms. The van der Waals surface area contributed by atoms with Crippen molar-refractivity contribution in [1.82, 2.24) is 0 Å². The molecule has 0 radical (unpaired) electrons. The zero-order chi connectivity index (χ0) is 13.7. The maximum atomic E-state index is 6.19. The summed E-state index contributed by atoms with van der Waals surface area (Å²) in [5.74, 6) is 0. The standard InChI is InChI=1S/C17H20ClN/c1-3-19(4-2)16-11-9-14(10-12-16)13-15-7-5-6-8-17(15)18/h5-12H,3-4,13H2,1-2H3. The Morgan fingerprint density at radius 2 is 1.53 bits per heavy atom. The van der Waals surface area contributed by atoms with Crippen molar-refractivity contribution in [3.8, 4) is 0 Å². The Balaban J connectivity index is 2.13. The van der Waals surface area contributed by atoms with Crippen LogP contribution < -0.4 is 4.90 Å². The van der Waals surface area contributed by atoms with Crippen LogP contribution in [0.3, 0.4) is 0 Å². The lowest BCUT2D eigenvalue weighted by molar-refractivity contribution is 0.866. The van der Waals surface area contributed by atoms with Crippen molar-refractivity contribution < 1.29 is 0 Å². The van der Waals surface area contributed by atoms with Crippen LogP contribution in [0, 0.1) is 0 Å². The highest BCUT2D eigenvalue weighted by atomic mass is 35.5. The van der Waals surface area contributed by atoms with Gasteiger partial charge in [-0.25, -0.2) is 0 Å². The van der Waals surface area contributed by atoms with E-state index in [2.05, 4.69) is 49.1 Å². The van der Waals surface area contributed by atoms with E-state index in [4.69, 9.17) is 11.6 Å². The van der Waals surface area contributed by atoms with Crippen LogP contribution in [0.1, 0.15) is 25.0 Å². The van der Waals surface area contributed by atoms with Gasteiger partial charge in [-0.15, -0.1) is 0 Å². The lowest BCUT2D eigenvalue weighted by atomic mass is 10.0. The Morgan fingerprint density at radius 3 is 2.11 bits per heavy atom. The number of rotatable bonds is 5. The predicted octanol–water partition coefficient (Wildman–Crippen LogP) is 4.78. The fraction of sp³-hybridized carbons (Fsp3) is 0.294. The van der Waals surface area contributed by atoms with Gasteiger partial charge in [-0.3, -0.25) is 0 Å². The van der Waals surface area contributed by atoms with Gasteiger partial charge in [-0.05, 0) is 49.6 Å². The maximum Gasteiger partial charge on any atom is 0.0441 e. The highest BCUT2D eigenvalue weighted by molar-refractivity contribution is 6.31. The molecule has 100 valence electrons. The molecule has 0 heterocycles. The second-order valence-electron chi connectivity index (χ2n) is 4.61. The van der Waals surface area contributed by atoms with Crippen LogP contribution in [0.25, 0.3) is 0 Å². The highest BCUT2D eigenvalue weighted by Gasteiger charge is 2.03. The largest absolute Gasteiger partial charge is 0.372 e. The molecule has 2 aromatic rings. The summed E-state index contributed by atoms with van der Waals surface area (Å²) < 4.78 is 0. The summed E-state index contributed by atoms with van der Waals surface area (Å²) in [5, 5.41) is 0.843. The zero-order valence-corrected chi connectivity index (χ0v) is 12.3. The number of halogens is 1. The van der Waals surface area contributed by atoms with Crippen LogP contribution in [0.5, 0.6) is 0 Å². The molecule has 0 N–H and O–H groups in total. The average molecular weight is 274 g/mol. The molecular weight excluding hydrogens is 254 g/mol. The number of nitrogens with zero attached hydrogens (tertiary/aromatic N) is 1. The monoisotopic (exact) mass is 273 g/mol. The molecule has 0 aliphatic carbocycles. The SMILES string of the molecule is CCN(CC)c1ccc(Cc2ccccc2Cl)cc1. The van der Waals surface area contributed by atoms with Gasteiger partial charge in [0.05, 0.1) is 0 Å². The van der Waals surface area contributed by atoms with Crippen molar-refractivity contribution in [2.75, 3.05) is 18.0 Å². The molecule has 2 rings (SSSR count). The summed E-state index contributed by atoms with van der Waals surface area (Å²) in [4.78, 5) is 2.35. The third-order valence-electron chi connectivity index (χ3n) is 3.42. The first-order valence-corrected chi connectivity index (χ1v) is 7.19. The summed E-state index contributed by atoms with van der Waals surface area (Å²) in [6.07, 6.45) is 0.887. The molecule has 0 unspecified atom stereocenters. The van der Waals surface area contributed by atoms with E-state index in [0.717, 1.165) is 24.5 Å². The maximum absolute atomic E-state index is 6.19. The Labute approximate surface area is 120 Å². The fourth-order valence-electron chi connectivity index (χ4n) is 2.28. The predicted molar refractivity (Wildman–Crippen MR) is 84.3 cm³/mol. The van der Waals surface area contributed by atoms with Crippen molar-refractivity contribution in [2.24, 2.45) is 0 Å². The second kappa shape index (κ2) is 6.63. The molecule has 0 atom stereocenters. The minimum Gasteiger partial charge on any atom is -0.372 e. The summed E-state index contributed by atoms with van der Waals surface area (Å²) in [5.41, 5.74) is 3.76. The van der Waals surface area contributed by atoms with E-state index in [1.807, 2.05) is 18.2 Å². The molecule has 0 fully saturated rings. The van der Waals surface area contributed by atoms with E-state index in [1.165, 1.54) is 16.8 Å². The number of anilines is 1. The molecule has 0 aliphatic heterocycles. The van der Waals surface area contributed by atoms with Gasteiger partial charge in [0.25, 0.3) is 0 Å². The van der Waals surface area contributed by atoms with Gasteiger partial charge in [0, 0.05) is 23.8 Å². The normalized spacial score (nSPS) is 10.5. The van der Waals surface area contributed by atoms with E-state index in [-0.39, 0.29) is 0 Å². The Bertz CT molecular complexity index is 515. The minimum atomic E-state index is 0.843. The van der Waals surface area contributed by atoms with Crippen molar-refractivity contribution in [1.29, 1.82) is 0 Å². The van der Waals surface area contributed by atoms with Crippen LogP contribution in [0.4, 0.5) is 5.69 Å². The molecular formula is C17H20ClN. The first-order chi connectivity index (χ1) is 9.24. The van der Waals surface area contributed by atoms with E-state index in [1.54, 1.807) is 0 Å². The number of hydrogen-bond donors (Lipinski definition) is 0. The lowest BCUT2D eigenvalue weighted by Gasteiger charge is -2.21. The Morgan fingerprint density at radius 1 is 0.895 bits per heavy atom. The molecule has 0 aromatic heterocycles. The summed E-state index contributed by atoms with van der Waals surface area (Å²) >= 11 is 6.19. The van der Waals surface area contributed by atoms with E-state index < -0.39 is 0 Å². The van der Waals surface area contributed by atoms with Crippen LogP contribution in [0.2, 0.25) is 5.02 Å². The number of hydrogen-bond acceptors (Lipinski definition) is 1. The van der Waals surface area contributed by atoms with E-state index >= 15 is 0 Å². The quantitative estimate of drug-likeness (QED) is 0.758. The van der Waals surface area contributed by atoms with Gasteiger partial charge < -0.3 is 4.90 Å². The van der Waals surface area contributed by atoms with Crippen molar-refractivity contribution in [3.63, 3.8) is 0 Å². The van der Waals surface area contributed by atoms with Gasteiger partial charge >= 0.3 is 0 Å². The van der Waals surface area contributed by atoms with Gasteiger partial charge in [0.15, 0.2) is 0 Å². The van der Waals surface area contributed by atoms with Crippen molar-refractivity contribution in [3.05, 3.63) is 64.7 Å². The molecule has 19 heavy (non-hydrogen) atoms. The molecule has 0 amide bonds. The molecule has 1 nitrogen and oxygen atoms in total. The molecule has 0 bridgehead atoms. The van der Waals surface area contributed by atoms with Gasteiger partial charge in [-0.1, -0.05) is 41.9 Å². The fourth-order valence-corrected chi connectivity index (χ4v) is 2.48. The first-order valence-electron chi connectivity index (χ1n) is 6.82. The number of benzene rings is 2. The molecule has 0 saturated carbocycles. The zero-order valence-electron chi connectivity index (χ0n) is 11.6. The van der Waals surface area contributed by atoms with Gasteiger partial charge in [0.1, 0.15) is 0 Å². The molecule has 2 aromatic carbocycles. The smallest absolute Gasteiger partial charge is 0.0441 e. The topological polar surface area (TPSA) is 3.24 Å². The molecule has 0 spiro atoms. The van der Waals surface area contributed by atoms with Gasteiger partial charge in [0.2, 0.25) is 0 Å². The van der Waals surface area contributed by atoms with Crippen molar-refractivity contribution >= 4 is 17.3 Å². The average Bonchev–Trinajstić information content (AvgIpc) is 2.44. The van der Waals surface area contributed by atoms with E-state index in [9.17, 15) is 0 Å².